The molecule has 176 valence electrons. The first-order valence-corrected chi connectivity index (χ1v) is 11.5. The highest BCUT2D eigenvalue weighted by Crippen LogP contribution is 2.31. The Bertz CT molecular complexity index is 995. The number of rotatable bonds is 7. The van der Waals surface area contributed by atoms with Gasteiger partial charge in [0.05, 0.1) is 19.2 Å². The van der Waals surface area contributed by atoms with Crippen molar-refractivity contribution in [2.45, 2.75) is 47.1 Å². The molecule has 7 heteroatoms. The first-order valence-electron chi connectivity index (χ1n) is 11.5. The maximum absolute atomic E-state index is 12.6. The van der Waals surface area contributed by atoms with Crippen LogP contribution in [-0.2, 0) is 11.2 Å². The average Bonchev–Trinajstić information content (AvgIpc) is 2.86. The van der Waals surface area contributed by atoms with E-state index in [9.17, 15) is 4.79 Å². The van der Waals surface area contributed by atoms with E-state index in [1.807, 2.05) is 44.7 Å². The van der Waals surface area contributed by atoms with Crippen LogP contribution < -0.4 is 15.0 Å². The number of benzene rings is 1. The first-order chi connectivity index (χ1) is 16.0. The molecule has 0 spiro atoms. The number of pyridine rings is 1. The minimum Gasteiger partial charge on any atom is -0.497 e. The van der Waals surface area contributed by atoms with E-state index in [-0.39, 0.29) is 11.9 Å². The van der Waals surface area contributed by atoms with Gasteiger partial charge in [-0.2, -0.15) is 5.26 Å². The lowest BCUT2D eigenvalue weighted by Gasteiger charge is -2.34. The third-order valence-electron chi connectivity index (χ3n) is 5.70. The van der Waals surface area contributed by atoms with Gasteiger partial charge in [-0.1, -0.05) is 19.9 Å². The summed E-state index contributed by atoms with van der Waals surface area (Å²) < 4.78 is 5.36. The number of fused-ring (bicyclic) bond motifs is 1. The molecule has 1 aliphatic heterocycles. The molecule has 1 N–H and O–H groups in total. The maximum Gasteiger partial charge on any atom is 0.238 e. The number of hydrogen-bond acceptors (Lipinski definition) is 6. The lowest BCUT2D eigenvalue weighted by Crippen LogP contribution is -2.41. The summed E-state index contributed by atoms with van der Waals surface area (Å²) in [5.41, 5.74) is 3.92. The standard InChI is InChI=1S/C24H29N5O2.C2H6/c1-5-29(23-9-6-19(13-25)15-26-23)17(2)14-27-24(30)16-28-11-10-20-7-8-21(31-4)12-22(20)18(28)3;1-2/h6-9,12,14-15,18H,5,10-11,16H2,1-4H3,(H,27,30);1-2H3/b17-14+;. The highest BCUT2D eigenvalue weighted by molar-refractivity contribution is 5.79. The Morgan fingerprint density at radius 3 is 2.73 bits per heavy atom. The van der Waals surface area contributed by atoms with Crippen molar-refractivity contribution in [2.75, 3.05) is 31.6 Å². The number of ether oxygens (including phenoxy) is 1. The van der Waals surface area contributed by atoms with Gasteiger partial charge in [0.25, 0.3) is 0 Å². The molecule has 0 bridgehead atoms. The molecule has 1 aromatic heterocycles. The van der Waals surface area contributed by atoms with Crippen molar-refractivity contribution in [3.63, 3.8) is 0 Å². The Labute approximate surface area is 197 Å². The highest BCUT2D eigenvalue weighted by Gasteiger charge is 2.25. The van der Waals surface area contributed by atoms with Crippen LogP contribution in [0.2, 0.25) is 0 Å². The number of allylic oxidation sites excluding steroid dienone is 1. The fourth-order valence-electron chi connectivity index (χ4n) is 3.88. The number of carbonyl (C=O) groups is 1. The van der Waals surface area contributed by atoms with Gasteiger partial charge in [-0.25, -0.2) is 4.98 Å². The summed E-state index contributed by atoms with van der Waals surface area (Å²) in [5, 5.41) is 11.9. The van der Waals surface area contributed by atoms with Crippen LogP contribution in [0.4, 0.5) is 5.82 Å². The number of amides is 1. The van der Waals surface area contributed by atoms with Crippen LogP contribution in [0.5, 0.6) is 5.75 Å². The van der Waals surface area contributed by atoms with Crippen LogP contribution in [0.1, 0.15) is 57.4 Å². The van der Waals surface area contributed by atoms with Crippen LogP contribution >= 0.6 is 0 Å². The molecule has 0 saturated heterocycles. The molecule has 7 nitrogen and oxygen atoms in total. The summed E-state index contributed by atoms with van der Waals surface area (Å²) in [4.78, 5) is 21.1. The molecule has 33 heavy (non-hydrogen) atoms. The summed E-state index contributed by atoms with van der Waals surface area (Å²) in [6.45, 7) is 11.9. The zero-order valence-electron chi connectivity index (χ0n) is 20.6. The van der Waals surface area contributed by atoms with E-state index in [2.05, 4.69) is 40.3 Å². The molecule has 1 atom stereocenters. The molecule has 1 unspecified atom stereocenters. The van der Waals surface area contributed by atoms with Gasteiger partial charge in [-0.3, -0.25) is 9.69 Å². The first kappa shape index (κ1) is 25.9. The van der Waals surface area contributed by atoms with E-state index in [0.717, 1.165) is 30.2 Å². The zero-order chi connectivity index (χ0) is 24.4. The molecule has 0 aliphatic carbocycles. The Morgan fingerprint density at radius 2 is 2.12 bits per heavy atom. The minimum absolute atomic E-state index is 0.0543. The predicted molar refractivity (Wildman–Crippen MR) is 132 cm³/mol. The van der Waals surface area contributed by atoms with Crippen LogP contribution in [-0.4, -0.2) is 42.5 Å². The van der Waals surface area contributed by atoms with Crippen LogP contribution in [0.15, 0.2) is 48.4 Å². The van der Waals surface area contributed by atoms with Crippen molar-refractivity contribution in [1.82, 2.24) is 15.2 Å². The normalized spacial score (nSPS) is 15.4. The van der Waals surface area contributed by atoms with Crippen molar-refractivity contribution >= 4 is 11.7 Å². The Morgan fingerprint density at radius 1 is 1.36 bits per heavy atom. The Balaban J connectivity index is 0.00000187. The maximum atomic E-state index is 12.6. The van der Waals surface area contributed by atoms with Crippen molar-refractivity contribution < 1.29 is 9.53 Å². The monoisotopic (exact) mass is 449 g/mol. The van der Waals surface area contributed by atoms with Crippen LogP contribution in [0, 0.1) is 11.3 Å². The number of aromatic nitrogens is 1. The summed E-state index contributed by atoms with van der Waals surface area (Å²) >= 11 is 0. The summed E-state index contributed by atoms with van der Waals surface area (Å²) in [5.74, 6) is 1.52. The average molecular weight is 450 g/mol. The molecule has 0 radical (unpaired) electrons. The fraction of sp³-hybridized carbons (Fsp3) is 0.423. The number of nitrogens with one attached hydrogen (secondary N) is 1. The molecule has 1 aliphatic rings. The Hall–Kier alpha value is -3.37. The molecule has 2 aromatic rings. The summed E-state index contributed by atoms with van der Waals surface area (Å²) in [7, 11) is 1.67. The van der Waals surface area contributed by atoms with Crippen LogP contribution in [0.3, 0.4) is 0 Å². The second-order valence-electron chi connectivity index (χ2n) is 7.58. The summed E-state index contributed by atoms with van der Waals surface area (Å²) in [6.07, 6.45) is 4.19. The number of nitriles is 1. The molecule has 0 fully saturated rings. The molecule has 1 amide bonds. The van der Waals surface area contributed by atoms with Crippen molar-refractivity contribution in [1.29, 1.82) is 5.26 Å². The van der Waals surface area contributed by atoms with E-state index in [1.54, 1.807) is 25.6 Å². The van der Waals surface area contributed by atoms with Gasteiger partial charge in [0.15, 0.2) is 0 Å². The van der Waals surface area contributed by atoms with Gasteiger partial charge < -0.3 is 15.0 Å². The molecular formula is C26H35N5O2. The van der Waals surface area contributed by atoms with Crippen molar-refractivity contribution in [3.05, 3.63) is 65.1 Å². The molecule has 2 heterocycles. The topological polar surface area (TPSA) is 81.5 Å². The van der Waals surface area contributed by atoms with Gasteiger partial charge in [-0.05, 0) is 62.6 Å². The predicted octanol–water partition coefficient (Wildman–Crippen LogP) is 4.41. The third-order valence-corrected chi connectivity index (χ3v) is 5.70. The smallest absolute Gasteiger partial charge is 0.238 e. The SMILES string of the molecule is CC.CCN(/C(C)=C/NC(=O)CN1CCc2ccc(OC)cc2C1C)c1ccc(C#N)cn1. The van der Waals surface area contributed by atoms with Gasteiger partial charge in [0, 0.05) is 37.2 Å². The quantitative estimate of drug-likeness (QED) is 0.674. The highest BCUT2D eigenvalue weighted by atomic mass is 16.5. The van der Waals surface area contributed by atoms with E-state index in [1.165, 1.54) is 11.1 Å². The van der Waals surface area contributed by atoms with E-state index in [4.69, 9.17) is 10.00 Å². The number of methoxy groups -OCH3 is 1. The second-order valence-corrected chi connectivity index (χ2v) is 7.58. The largest absolute Gasteiger partial charge is 0.497 e. The summed E-state index contributed by atoms with van der Waals surface area (Å²) in [6, 6.07) is 11.9. The zero-order valence-corrected chi connectivity index (χ0v) is 20.6. The second kappa shape index (κ2) is 12.6. The van der Waals surface area contributed by atoms with Crippen LogP contribution in [0.25, 0.3) is 0 Å². The Kier molecular flexibility index (Phi) is 9.89. The molecule has 0 saturated carbocycles. The lowest BCUT2D eigenvalue weighted by atomic mass is 9.93. The number of carbonyl (C=O) groups excluding carboxylic acids is 1. The van der Waals surface area contributed by atoms with Gasteiger partial charge in [-0.15, -0.1) is 0 Å². The van der Waals surface area contributed by atoms with Crippen molar-refractivity contribution in [3.8, 4) is 11.8 Å². The third kappa shape index (κ3) is 6.56. The van der Waals surface area contributed by atoms with Crippen molar-refractivity contribution in [2.24, 2.45) is 0 Å². The fourth-order valence-corrected chi connectivity index (χ4v) is 3.88. The van der Waals surface area contributed by atoms with Gasteiger partial charge >= 0.3 is 0 Å². The number of hydrogen-bond donors (Lipinski definition) is 1. The van der Waals surface area contributed by atoms with Gasteiger partial charge in [0.1, 0.15) is 17.6 Å². The molecule has 1 aromatic carbocycles. The number of anilines is 1. The lowest BCUT2D eigenvalue weighted by molar-refractivity contribution is -0.121. The molecular weight excluding hydrogens is 414 g/mol. The van der Waals surface area contributed by atoms with E-state index in [0.29, 0.717) is 18.7 Å². The molecule has 3 rings (SSSR count). The van der Waals surface area contributed by atoms with E-state index < -0.39 is 0 Å². The number of nitrogens with zero attached hydrogens (tertiary/aromatic N) is 4. The van der Waals surface area contributed by atoms with E-state index >= 15 is 0 Å². The van der Waals surface area contributed by atoms with Gasteiger partial charge in [0.2, 0.25) is 5.91 Å². The minimum atomic E-state index is -0.0543.